The van der Waals surface area contributed by atoms with E-state index in [9.17, 15) is 9.50 Å². The molecular formula is C12H16ClFO2. The highest BCUT2D eigenvalue weighted by Crippen LogP contribution is 2.32. The largest absolute Gasteiger partial charge is 0.394 e. The van der Waals surface area contributed by atoms with Gasteiger partial charge in [0.25, 0.3) is 0 Å². The van der Waals surface area contributed by atoms with Crippen molar-refractivity contribution in [2.24, 2.45) is 0 Å². The van der Waals surface area contributed by atoms with Crippen molar-refractivity contribution in [1.29, 1.82) is 0 Å². The zero-order valence-corrected chi connectivity index (χ0v) is 9.91. The third-order valence-electron chi connectivity index (χ3n) is 2.67. The van der Waals surface area contributed by atoms with Crippen molar-refractivity contribution in [2.45, 2.75) is 31.8 Å². The highest BCUT2D eigenvalue weighted by atomic mass is 35.5. The minimum atomic E-state index is -0.833. The normalized spacial score (nSPS) is 14.8. The predicted octanol–water partition coefficient (Wildman–Crippen LogP) is 2.72. The number of rotatable bonds is 5. The Bertz CT molecular complexity index is 324. The molecule has 0 heterocycles. The molecule has 0 aliphatic heterocycles. The number of aliphatic hydroxyl groups excluding tert-OH is 2. The fourth-order valence-corrected chi connectivity index (χ4v) is 2.11. The number of hydrogen-bond acceptors (Lipinski definition) is 2. The number of halogens is 2. The summed E-state index contributed by atoms with van der Waals surface area (Å²) < 4.78 is 13.6. The van der Waals surface area contributed by atoms with Crippen LogP contribution in [0.15, 0.2) is 18.2 Å². The van der Waals surface area contributed by atoms with Crippen LogP contribution in [0.4, 0.5) is 4.39 Å². The van der Waals surface area contributed by atoms with Crippen LogP contribution in [0.2, 0.25) is 5.02 Å². The van der Waals surface area contributed by atoms with Crippen LogP contribution in [-0.4, -0.2) is 22.9 Å². The summed E-state index contributed by atoms with van der Waals surface area (Å²) in [5, 5.41) is 18.5. The summed E-state index contributed by atoms with van der Waals surface area (Å²) in [7, 11) is 0. The van der Waals surface area contributed by atoms with Crippen molar-refractivity contribution in [3.05, 3.63) is 34.6 Å². The maximum Gasteiger partial charge on any atom is 0.128 e. The SMILES string of the molecule is CCC(CC(O)CO)c1c(F)cccc1Cl. The Morgan fingerprint density at radius 3 is 2.62 bits per heavy atom. The van der Waals surface area contributed by atoms with E-state index in [0.29, 0.717) is 23.4 Å². The van der Waals surface area contributed by atoms with Gasteiger partial charge in [-0.15, -0.1) is 0 Å². The zero-order chi connectivity index (χ0) is 12.1. The van der Waals surface area contributed by atoms with Crippen LogP contribution in [0.25, 0.3) is 0 Å². The Kier molecular flexibility index (Phi) is 5.19. The molecular weight excluding hydrogens is 231 g/mol. The Hall–Kier alpha value is -0.640. The van der Waals surface area contributed by atoms with E-state index < -0.39 is 6.10 Å². The fraction of sp³-hybridized carbons (Fsp3) is 0.500. The van der Waals surface area contributed by atoms with E-state index in [2.05, 4.69) is 0 Å². The van der Waals surface area contributed by atoms with Crippen molar-refractivity contribution in [2.75, 3.05) is 6.61 Å². The topological polar surface area (TPSA) is 40.5 Å². The van der Waals surface area contributed by atoms with Gasteiger partial charge in [0.15, 0.2) is 0 Å². The van der Waals surface area contributed by atoms with Gasteiger partial charge in [0, 0.05) is 10.6 Å². The second-order valence-electron chi connectivity index (χ2n) is 3.81. The average molecular weight is 247 g/mol. The van der Waals surface area contributed by atoms with Crippen LogP contribution in [0.1, 0.15) is 31.2 Å². The standard InChI is InChI=1S/C12H16ClFO2/c1-2-8(6-9(16)7-15)12-10(13)4-3-5-11(12)14/h3-5,8-9,15-16H,2,6-7H2,1H3. The van der Waals surface area contributed by atoms with E-state index >= 15 is 0 Å². The molecule has 2 nitrogen and oxygen atoms in total. The van der Waals surface area contributed by atoms with Gasteiger partial charge in [-0.2, -0.15) is 0 Å². The van der Waals surface area contributed by atoms with Crippen molar-refractivity contribution >= 4 is 11.6 Å². The molecule has 0 aliphatic carbocycles. The van der Waals surface area contributed by atoms with Gasteiger partial charge in [-0.1, -0.05) is 24.6 Å². The summed E-state index contributed by atoms with van der Waals surface area (Å²) in [6, 6.07) is 4.54. The van der Waals surface area contributed by atoms with Crippen molar-refractivity contribution in [3.63, 3.8) is 0 Å². The van der Waals surface area contributed by atoms with E-state index in [1.165, 1.54) is 6.07 Å². The maximum absolute atomic E-state index is 13.6. The highest BCUT2D eigenvalue weighted by molar-refractivity contribution is 6.31. The molecule has 0 bridgehead atoms. The van der Waals surface area contributed by atoms with Crippen molar-refractivity contribution in [1.82, 2.24) is 0 Å². The third-order valence-corrected chi connectivity index (χ3v) is 3.00. The van der Waals surface area contributed by atoms with E-state index in [4.69, 9.17) is 16.7 Å². The lowest BCUT2D eigenvalue weighted by Gasteiger charge is -2.19. The van der Waals surface area contributed by atoms with Gasteiger partial charge in [0.1, 0.15) is 5.82 Å². The molecule has 4 heteroatoms. The second kappa shape index (κ2) is 6.18. The van der Waals surface area contributed by atoms with Crippen LogP contribution in [-0.2, 0) is 0 Å². The quantitative estimate of drug-likeness (QED) is 0.839. The minimum absolute atomic E-state index is 0.171. The smallest absolute Gasteiger partial charge is 0.128 e. The summed E-state index contributed by atoms with van der Waals surface area (Å²) in [4.78, 5) is 0. The third kappa shape index (κ3) is 3.17. The Labute approximate surface area is 99.7 Å². The molecule has 2 atom stereocenters. The summed E-state index contributed by atoms with van der Waals surface area (Å²) in [5.74, 6) is -0.527. The average Bonchev–Trinajstić information content (AvgIpc) is 2.27. The molecule has 0 saturated carbocycles. The molecule has 1 rings (SSSR count). The van der Waals surface area contributed by atoms with E-state index in [0.717, 1.165) is 0 Å². The molecule has 2 unspecified atom stereocenters. The molecule has 0 amide bonds. The minimum Gasteiger partial charge on any atom is -0.394 e. The summed E-state index contributed by atoms with van der Waals surface area (Å²) in [5.41, 5.74) is 0.430. The number of aliphatic hydroxyl groups is 2. The second-order valence-corrected chi connectivity index (χ2v) is 4.22. The Balaban J connectivity index is 2.94. The first-order valence-electron chi connectivity index (χ1n) is 5.33. The van der Waals surface area contributed by atoms with Crippen LogP contribution < -0.4 is 0 Å². The van der Waals surface area contributed by atoms with Gasteiger partial charge in [0.2, 0.25) is 0 Å². The summed E-state index contributed by atoms with van der Waals surface area (Å²) in [6.07, 6.45) is 0.145. The fourth-order valence-electron chi connectivity index (χ4n) is 1.79. The molecule has 1 aromatic rings. The predicted molar refractivity (Wildman–Crippen MR) is 62.2 cm³/mol. The van der Waals surface area contributed by atoms with Gasteiger partial charge < -0.3 is 10.2 Å². The first-order chi connectivity index (χ1) is 7.60. The first kappa shape index (κ1) is 13.4. The van der Waals surface area contributed by atoms with E-state index in [1.807, 2.05) is 6.92 Å². The molecule has 2 N–H and O–H groups in total. The van der Waals surface area contributed by atoms with Crippen LogP contribution >= 0.6 is 11.6 Å². The van der Waals surface area contributed by atoms with Gasteiger partial charge >= 0.3 is 0 Å². The lowest BCUT2D eigenvalue weighted by Crippen LogP contribution is -2.17. The Morgan fingerprint density at radius 1 is 1.44 bits per heavy atom. The lowest BCUT2D eigenvalue weighted by atomic mass is 9.90. The van der Waals surface area contributed by atoms with E-state index in [-0.39, 0.29) is 18.3 Å². The summed E-state index contributed by atoms with van der Waals surface area (Å²) in [6.45, 7) is 1.58. The molecule has 90 valence electrons. The van der Waals surface area contributed by atoms with Gasteiger partial charge in [-0.3, -0.25) is 0 Å². The number of hydrogen-bond donors (Lipinski definition) is 2. The Morgan fingerprint density at radius 2 is 2.12 bits per heavy atom. The van der Waals surface area contributed by atoms with Gasteiger partial charge in [-0.25, -0.2) is 4.39 Å². The monoisotopic (exact) mass is 246 g/mol. The lowest BCUT2D eigenvalue weighted by molar-refractivity contribution is 0.0814. The van der Waals surface area contributed by atoms with Crippen LogP contribution in [0.3, 0.4) is 0 Å². The first-order valence-corrected chi connectivity index (χ1v) is 5.70. The molecule has 1 aromatic carbocycles. The van der Waals surface area contributed by atoms with Crippen LogP contribution in [0.5, 0.6) is 0 Å². The van der Waals surface area contributed by atoms with Crippen LogP contribution in [0, 0.1) is 5.82 Å². The van der Waals surface area contributed by atoms with Gasteiger partial charge in [0.05, 0.1) is 12.7 Å². The van der Waals surface area contributed by atoms with Crippen molar-refractivity contribution < 1.29 is 14.6 Å². The molecule has 0 spiro atoms. The van der Waals surface area contributed by atoms with Crippen molar-refractivity contribution in [3.8, 4) is 0 Å². The summed E-state index contributed by atoms with van der Waals surface area (Å²) >= 11 is 5.95. The molecule has 16 heavy (non-hydrogen) atoms. The van der Waals surface area contributed by atoms with Gasteiger partial charge in [-0.05, 0) is 30.9 Å². The molecule has 0 radical (unpaired) electrons. The maximum atomic E-state index is 13.6. The molecule has 0 aliphatic rings. The highest BCUT2D eigenvalue weighted by Gasteiger charge is 2.20. The zero-order valence-electron chi connectivity index (χ0n) is 9.16. The number of benzene rings is 1. The molecule has 0 saturated heterocycles. The molecule has 0 aromatic heterocycles. The van der Waals surface area contributed by atoms with E-state index in [1.54, 1.807) is 12.1 Å². The molecule has 0 fully saturated rings.